The van der Waals surface area contributed by atoms with Gasteiger partial charge in [0.2, 0.25) is 0 Å². The quantitative estimate of drug-likeness (QED) is 0.776. The average molecular weight is 263 g/mol. The lowest BCUT2D eigenvalue weighted by molar-refractivity contribution is 0.484. The summed E-state index contributed by atoms with van der Waals surface area (Å²) >= 11 is 0. The molecule has 0 amide bonds. The normalized spacial score (nSPS) is 12.7. The number of anilines is 1. The van der Waals surface area contributed by atoms with Crippen LogP contribution >= 0.6 is 0 Å². The predicted molar refractivity (Wildman–Crippen MR) is 83.7 cm³/mol. The number of aromatic nitrogens is 1. The van der Waals surface area contributed by atoms with Crippen LogP contribution in [0.15, 0.2) is 18.3 Å². The molecule has 1 aromatic heterocycles. The highest BCUT2D eigenvalue weighted by molar-refractivity contribution is 5.39. The Balaban J connectivity index is 2.76. The summed E-state index contributed by atoms with van der Waals surface area (Å²) < 4.78 is 0. The number of pyridine rings is 1. The van der Waals surface area contributed by atoms with Gasteiger partial charge >= 0.3 is 0 Å². The molecule has 1 heterocycles. The molecule has 3 nitrogen and oxygen atoms in total. The van der Waals surface area contributed by atoms with E-state index in [0.29, 0.717) is 6.04 Å². The second-order valence-corrected chi connectivity index (χ2v) is 5.18. The summed E-state index contributed by atoms with van der Waals surface area (Å²) in [6.07, 6.45) is 4.47. The van der Waals surface area contributed by atoms with Crippen molar-refractivity contribution in [2.45, 2.75) is 46.6 Å². The van der Waals surface area contributed by atoms with Crippen LogP contribution in [0.5, 0.6) is 0 Å². The van der Waals surface area contributed by atoms with Crippen molar-refractivity contribution < 1.29 is 0 Å². The fourth-order valence-electron chi connectivity index (χ4n) is 2.25. The summed E-state index contributed by atoms with van der Waals surface area (Å²) in [5.74, 6) is 1.86. The summed E-state index contributed by atoms with van der Waals surface area (Å²) in [7, 11) is 1.98. The molecule has 1 atom stereocenters. The minimum atomic E-state index is 0.357. The average Bonchev–Trinajstić information content (AvgIpc) is 2.48. The van der Waals surface area contributed by atoms with Crippen molar-refractivity contribution in [2.24, 2.45) is 5.92 Å². The molecule has 19 heavy (non-hydrogen) atoms. The summed E-state index contributed by atoms with van der Waals surface area (Å²) in [4.78, 5) is 7.01. The molecule has 0 fully saturated rings. The smallest absolute Gasteiger partial charge is 0.128 e. The largest absolute Gasteiger partial charge is 0.357 e. The SMILES string of the molecule is CCC(CC)CN(CC)c1ccc(C(C)NC)cn1. The van der Waals surface area contributed by atoms with E-state index >= 15 is 0 Å². The molecule has 0 bridgehead atoms. The highest BCUT2D eigenvalue weighted by Crippen LogP contribution is 2.18. The lowest BCUT2D eigenvalue weighted by atomic mass is 10.0. The van der Waals surface area contributed by atoms with Gasteiger partial charge in [0.25, 0.3) is 0 Å². The van der Waals surface area contributed by atoms with Crippen LogP contribution in [0.3, 0.4) is 0 Å². The van der Waals surface area contributed by atoms with E-state index in [9.17, 15) is 0 Å². The topological polar surface area (TPSA) is 28.2 Å². The summed E-state index contributed by atoms with van der Waals surface area (Å²) in [5, 5.41) is 3.24. The van der Waals surface area contributed by atoms with Crippen molar-refractivity contribution in [3.05, 3.63) is 23.9 Å². The number of hydrogen-bond acceptors (Lipinski definition) is 3. The summed E-state index contributed by atoms with van der Waals surface area (Å²) in [6.45, 7) is 11.0. The molecule has 0 radical (unpaired) electrons. The first kappa shape index (κ1) is 16.0. The van der Waals surface area contributed by atoms with Gasteiger partial charge in [0, 0.05) is 25.3 Å². The first-order chi connectivity index (χ1) is 9.15. The van der Waals surface area contributed by atoms with Crippen LogP contribution in [-0.4, -0.2) is 25.1 Å². The Hall–Kier alpha value is -1.09. The van der Waals surface area contributed by atoms with E-state index in [4.69, 9.17) is 0 Å². The second-order valence-electron chi connectivity index (χ2n) is 5.18. The molecule has 1 N–H and O–H groups in total. The fraction of sp³-hybridized carbons (Fsp3) is 0.688. The molecule has 0 saturated heterocycles. The predicted octanol–water partition coefficient (Wildman–Crippen LogP) is 3.62. The van der Waals surface area contributed by atoms with Gasteiger partial charge in [-0.05, 0) is 38.4 Å². The summed E-state index contributed by atoms with van der Waals surface area (Å²) in [6, 6.07) is 4.68. The zero-order valence-corrected chi connectivity index (χ0v) is 13.1. The zero-order chi connectivity index (χ0) is 14.3. The van der Waals surface area contributed by atoms with Gasteiger partial charge < -0.3 is 10.2 Å². The standard InChI is InChI=1S/C16H29N3/c1-6-14(7-2)12-19(8-3)16-10-9-15(11-18-16)13(4)17-5/h9-11,13-14,17H,6-8,12H2,1-5H3. The van der Waals surface area contributed by atoms with Crippen molar-refractivity contribution >= 4 is 5.82 Å². The highest BCUT2D eigenvalue weighted by atomic mass is 15.2. The van der Waals surface area contributed by atoms with E-state index in [1.807, 2.05) is 13.2 Å². The molecule has 3 heteroatoms. The van der Waals surface area contributed by atoms with Crippen LogP contribution < -0.4 is 10.2 Å². The van der Waals surface area contributed by atoms with Gasteiger partial charge in [-0.3, -0.25) is 0 Å². The van der Waals surface area contributed by atoms with Gasteiger partial charge in [0.05, 0.1) is 0 Å². The Kier molecular flexibility index (Phi) is 6.85. The lowest BCUT2D eigenvalue weighted by Gasteiger charge is -2.26. The van der Waals surface area contributed by atoms with E-state index in [1.54, 1.807) is 0 Å². The van der Waals surface area contributed by atoms with Crippen LogP contribution in [0.2, 0.25) is 0 Å². The minimum absolute atomic E-state index is 0.357. The Labute approximate surface area is 118 Å². The van der Waals surface area contributed by atoms with Crippen molar-refractivity contribution in [2.75, 3.05) is 25.0 Å². The Morgan fingerprint density at radius 1 is 1.21 bits per heavy atom. The van der Waals surface area contributed by atoms with Crippen LogP contribution in [0.25, 0.3) is 0 Å². The van der Waals surface area contributed by atoms with E-state index in [0.717, 1.165) is 24.8 Å². The molecule has 0 aliphatic rings. The molecule has 1 unspecified atom stereocenters. The van der Waals surface area contributed by atoms with Crippen molar-refractivity contribution in [1.82, 2.24) is 10.3 Å². The third-order valence-corrected chi connectivity index (χ3v) is 4.04. The van der Waals surface area contributed by atoms with Crippen molar-refractivity contribution in [1.29, 1.82) is 0 Å². The van der Waals surface area contributed by atoms with E-state index in [-0.39, 0.29) is 0 Å². The Morgan fingerprint density at radius 2 is 1.89 bits per heavy atom. The number of nitrogens with zero attached hydrogens (tertiary/aromatic N) is 2. The monoisotopic (exact) mass is 263 g/mol. The molecule has 0 spiro atoms. The maximum atomic E-state index is 4.63. The van der Waals surface area contributed by atoms with Gasteiger partial charge in [0.1, 0.15) is 5.82 Å². The van der Waals surface area contributed by atoms with Gasteiger partial charge in [-0.1, -0.05) is 32.8 Å². The van der Waals surface area contributed by atoms with Gasteiger partial charge in [-0.2, -0.15) is 0 Å². The van der Waals surface area contributed by atoms with E-state index in [2.05, 4.69) is 55.0 Å². The van der Waals surface area contributed by atoms with Crippen LogP contribution in [0, 0.1) is 5.92 Å². The van der Waals surface area contributed by atoms with Crippen LogP contribution in [-0.2, 0) is 0 Å². The fourth-order valence-corrected chi connectivity index (χ4v) is 2.25. The van der Waals surface area contributed by atoms with Crippen LogP contribution in [0.4, 0.5) is 5.82 Å². The van der Waals surface area contributed by atoms with Gasteiger partial charge in [0.15, 0.2) is 0 Å². The maximum absolute atomic E-state index is 4.63. The third kappa shape index (κ3) is 4.50. The molecule has 0 aliphatic heterocycles. The van der Waals surface area contributed by atoms with Gasteiger partial charge in [-0.15, -0.1) is 0 Å². The van der Waals surface area contributed by atoms with Gasteiger partial charge in [-0.25, -0.2) is 4.98 Å². The minimum Gasteiger partial charge on any atom is -0.357 e. The number of rotatable bonds is 8. The molecule has 0 aromatic carbocycles. The number of hydrogen-bond donors (Lipinski definition) is 1. The van der Waals surface area contributed by atoms with Crippen molar-refractivity contribution in [3.8, 4) is 0 Å². The second kappa shape index (κ2) is 8.16. The van der Waals surface area contributed by atoms with E-state index in [1.165, 1.54) is 18.4 Å². The third-order valence-electron chi connectivity index (χ3n) is 4.04. The van der Waals surface area contributed by atoms with Crippen molar-refractivity contribution in [3.63, 3.8) is 0 Å². The first-order valence-corrected chi connectivity index (χ1v) is 7.54. The lowest BCUT2D eigenvalue weighted by Crippen LogP contribution is -2.29. The highest BCUT2D eigenvalue weighted by Gasteiger charge is 2.12. The molecule has 0 saturated carbocycles. The molecular formula is C16H29N3. The number of nitrogens with one attached hydrogen (secondary N) is 1. The molecular weight excluding hydrogens is 234 g/mol. The summed E-state index contributed by atoms with van der Waals surface area (Å²) in [5.41, 5.74) is 1.24. The molecule has 0 aliphatic carbocycles. The van der Waals surface area contributed by atoms with E-state index < -0.39 is 0 Å². The Morgan fingerprint density at radius 3 is 2.32 bits per heavy atom. The maximum Gasteiger partial charge on any atom is 0.128 e. The van der Waals surface area contributed by atoms with Crippen LogP contribution in [0.1, 0.15) is 52.1 Å². The Bertz CT molecular complexity index is 344. The first-order valence-electron chi connectivity index (χ1n) is 7.54. The molecule has 1 aromatic rings. The molecule has 1 rings (SSSR count). The molecule has 108 valence electrons. The zero-order valence-electron chi connectivity index (χ0n) is 13.1.